The molecule has 0 unspecified atom stereocenters. The van der Waals surface area contributed by atoms with Crippen molar-refractivity contribution in [2.75, 3.05) is 6.54 Å². The van der Waals surface area contributed by atoms with E-state index < -0.39 is 0 Å². The van der Waals surface area contributed by atoms with Crippen LogP contribution in [0.3, 0.4) is 0 Å². The lowest BCUT2D eigenvalue weighted by molar-refractivity contribution is 0.614. The Labute approximate surface area is 60.4 Å². The van der Waals surface area contributed by atoms with Crippen LogP contribution < -0.4 is 5.73 Å². The van der Waals surface area contributed by atoms with Crippen LogP contribution in [0.25, 0.3) is 0 Å². The minimum atomic E-state index is -0.0891. The lowest BCUT2D eigenvalue weighted by atomic mass is 9.99. The lowest BCUT2D eigenvalue weighted by Crippen LogP contribution is -2.07. The quantitative estimate of drug-likeness (QED) is 0.593. The third-order valence-corrected chi connectivity index (χ3v) is 1.80. The van der Waals surface area contributed by atoms with Gasteiger partial charge in [-0.1, -0.05) is 6.08 Å². The van der Waals surface area contributed by atoms with E-state index >= 15 is 0 Å². The first-order chi connectivity index (χ1) is 4.75. The summed E-state index contributed by atoms with van der Waals surface area (Å²) >= 11 is 0. The molecule has 1 aliphatic carbocycles. The Morgan fingerprint density at radius 3 is 2.90 bits per heavy atom. The smallest absolute Gasteiger partial charge is 0.126 e. The molecule has 0 aromatic rings. The largest absolute Gasteiger partial charge is 0.327 e. The van der Waals surface area contributed by atoms with Crippen molar-refractivity contribution in [2.24, 2.45) is 5.73 Å². The summed E-state index contributed by atoms with van der Waals surface area (Å²) in [7, 11) is 0. The van der Waals surface area contributed by atoms with Gasteiger partial charge in [-0.3, -0.25) is 0 Å². The third kappa shape index (κ3) is 1.27. The first kappa shape index (κ1) is 7.48. The number of nitrogens with two attached hydrogens (primary N) is 1. The molecule has 2 N–H and O–H groups in total. The highest BCUT2D eigenvalue weighted by Crippen LogP contribution is 2.24. The summed E-state index contributed by atoms with van der Waals surface area (Å²) in [4.78, 5) is 0. The Hall–Kier alpha value is -0.630. The molecule has 0 heterocycles. The molecule has 0 aromatic heterocycles. The van der Waals surface area contributed by atoms with E-state index in [2.05, 4.69) is 0 Å². The van der Waals surface area contributed by atoms with Gasteiger partial charge in [-0.15, -0.1) is 0 Å². The van der Waals surface area contributed by atoms with Crippen molar-refractivity contribution in [1.29, 1.82) is 0 Å². The minimum absolute atomic E-state index is 0.0891. The number of halogens is 1. The van der Waals surface area contributed by atoms with E-state index in [1.165, 1.54) is 0 Å². The Kier molecular flexibility index (Phi) is 2.22. The number of rotatable bonds is 1. The van der Waals surface area contributed by atoms with Crippen LogP contribution in [0.15, 0.2) is 23.0 Å². The molecule has 0 radical (unpaired) electrons. The summed E-state index contributed by atoms with van der Waals surface area (Å²) in [5.41, 5.74) is 6.84. The molecule has 2 heteroatoms. The predicted octanol–water partition coefficient (Wildman–Crippen LogP) is 1.91. The molecule has 0 bridgehead atoms. The van der Waals surface area contributed by atoms with Crippen molar-refractivity contribution in [3.05, 3.63) is 23.0 Å². The molecule has 0 saturated carbocycles. The summed E-state index contributed by atoms with van der Waals surface area (Å²) in [5.74, 6) is -0.0891. The van der Waals surface area contributed by atoms with E-state index in [0.29, 0.717) is 6.54 Å². The van der Waals surface area contributed by atoms with E-state index in [0.717, 1.165) is 24.0 Å². The Balaban J connectivity index is 2.85. The van der Waals surface area contributed by atoms with Crippen molar-refractivity contribution in [3.8, 4) is 0 Å². The van der Waals surface area contributed by atoms with Gasteiger partial charge in [0.05, 0.1) is 0 Å². The monoisotopic (exact) mass is 141 g/mol. The van der Waals surface area contributed by atoms with Gasteiger partial charge in [-0.2, -0.15) is 0 Å². The first-order valence-corrected chi connectivity index (χ1v) is 3.50. The lowest BCUT2D eigenvalue weighted by Gasteiger charge is -2.11. The van der Waals surface area contributed by atoms with Crippen LogP contribution in [0.4, 0.5) is 4.39 Å². The van der Waals surface area contributed by atoms with Crippen LogP contribution in [0.1, 0.15) is 19.8 Å². The molecular formula is C8H12FN. The summed E-state index contributed by atoms with van der Waals surface area (Å²) in [6.07, 6.45) is 3.64. The maximum absolute atomic E-state index is 13.0. The highest BCUT2D eigenvalue weighted by Gasteiger charge is 2.10. The van der Waals surface area contributed by atoms with Crippen LogP contribution in [-0.2, 0) is 0 Å². The summed E-state index contributed by atoms with van der Waals surface area (Å²) in [6.45, 7) is 2.14. The standard InChI is InChI=1S/C8H12FN/c1-6-3-2-4-7(5-10)8(6)9/h3H,2,4-5,10H2,1H3. The zero-order valence-corrected chi connectivity index (χ0v) is 6.15. The molecule has 0 saturated heterocycles. The van der Waals surface area contributed by atoms with E-state index in [4.69, 9.17) is 5.73 Å². The fourth-order valence-corrected chi connectivity index (χ4v) is 1.13. The van der Waals surface area contributed by atoms with Gasteiger partial charge in [0, 0.05) is 6.54 Å². The van der Waals surface area contributed by atoms with Gasteiger partial charge < -0.3 is 5.73 Å². The second-order valence-electron chi connectivity index (χ2n) is 2.55. The molecule has 0 fully saturated rings. The van der Waals surface area contributed by atoms with Crippen LogP contribution in [0.2, 0.25) is 0 Å². The van der Waals surface area contributed by atoms with Gasteiger partial charge >= 0.3 is 0 Å². The zero-order valence-electron chi connectivity index (χ0n) is 6.15. The van der Waals surface area contributed by atoms with Crippen LogP contribution in [-0.4, -0.2) is 6.54 Å². The van der Waals surface area contributed by atoms with Crippen molar-refractivity contribution < 1.29 is 4.39 Å². The average molecular weight is 141 g/mol. The van der Waals surface area contributed by atoms with Gasteiger partial charge in [0.1, 0.15) is 5.83 Å². The van der Waals surface area contributed by atoms with Crippen molar-refractivity contribution in [3.63, 3.8) is 0 Å². The van der Waals surface area contributed by atoms with Crippen LogP contribution >= 0.6 is 0 Å². The average Bonchev–Trinajstić information content (AvgIpc) is 1.95. The van der Waals surface area contributed by atoms with Crippen molar-refractivity contribution in [1.82, 2.24) is 0 Å². The highest BCUT2D eigenvalue weighted by atomic mass is 19.1. The molecule has 0 atom stereocenters. The molecule has 1 rings (SSSR count). The van der Waals surface area contributed by atoms with Gasteiger partial charge in [-0.25, -0.2) is 4.39 Å². The minimum Gasteiger partial charge on any atom is -0.327 e. The number of hydrogen-bond donors (Lipinski definition) is 1. The zero-order chi connectivity index (χ0) is 7.56. The Morgan fingerprint density at radius 2 is 2.40 bits per heavy atom. The highest BCUT2D eigenvalue weighted by molar-refractivity contribution is 5.32. The van der Waals surface area contributed by atoms with Crippen LogP contribution in [0.5, 0.6) is 0 Å². The predicted molar refractivity (Wildman–Crippen MR) is 40.2 cm³/mol. The molecule has 10 heavy (non-hydrogen) atoms. The number of allylic oxidation sites excluding steroid dienone is 3. The van der Waals surface area contributed by atoms with E-state index in [-0.39, 0.29) is 5.83 Å². The summed E-state index contributed by atoms with van der Waals surface area (Å²) in [5, 5.41) is 0. The molecule has 0 amide bonds. The molecule has 1 aliphatic rings. The van der Waals surface area contributed by atoms with Crippen molar-refractivity contribution in [2.45, 2.75) is 19.8 Å². The van der Waals surface area contributed by atoms with Crippen molar-refractivity contribution >= 4 is 0 Å². The molecule has 0 spiro atoms. The number of hydrogen-bond acceptors (Lipinski definition) is 1. The molecular weight excluding hydrogens is 129 g/mol. The SMILES string of the molecule is CC1=CCCC(CN)=C1F. The van der Waals surface area contributed by atoms with Crippen LogP contribution in [0, 0.1) is 0 Å². The van der Waals surface area contributed by atoms with E-state index in [9.17, 15) is 4.39 Å². The van der Waals surface area contributed by atoms with Gasteiger partial charge in [0.25, 0.3) is 0 Å². The second-order valence-corrected chi connectivity index (χ2v) is 2.55. The van der Waals surface area contributed by atoms with E-state index in [1.807, 2.05) is 6.08 Å². The maximum atomic E-state index is 13.0. The van der Waals surface area contributed by atoms with Gasteiger partial charge in [0.15, 0.2) is 0 Å². The fraction of sp³-hybridized carbons (Fsp3) is 0.500. The third-order valence-electron chi connectivity index (χ3n) is 1.80. The van der Waals surface area contributed by atoms with E-state index in [1.54, 1.807) is 6.92 Å². The normalized spacial score (nSPS) is 19.3. The molecule has 1 nitrogen and oxygen atoms in total. The molecule has 56 valence electrons. The first-order valence-electron chi connectivity index (χ1n) is 3.50. The second kappa shape index (κ2) is 2.97. The maximum Gasteiger partial charge on any atom is 0.126 e. The molecule has 0 aromatic carbocycles. The Bertz CT molecular complexity index is 191. The fourth-order valence-electron chi connectivity index (χ4n) is 1.13. The molecule has 0 aliphatic heterocycles. The van der Waals surface area contributed by atoms with Gasteiger partial charge in [-0.05, 0) is 30.9 Å². The topological polar surface area (TPSA) is 26.0 Å². The van der Waals surface area contributed by atoms with Gasteiger partial charge in [0.2, 0.25) is 0 Å². The summed E-state index contributed by atoms with van der Waals surface area (Å²) in [6, 6.07) is 0. The Morgan fingerprint density at radius 1 is 1.70 bits per heavy atom. The summed E-state index contributed by atoms with van der Waals surface area (Å²) < 4.78 is 13.0.